The molecule has 0 aliphatic carbocycles. The van der Waals surface area contributed by atoms with Crippen LogP contribution in [0.5, 0.6) is 0 Å². The van der Waals surface area contributed by atoms with Crippen molar-refractivity contribution >= 4 is 21.7 Å². The summed E-state index contributed by atoms with van der Waals surface area (Å²) in [5.41, 5.74) is 2.41. The number of nitrogens with one attached hydrogen (secondary N) is 2. The van der Waals surface area contributed by atoms with Gasteiger partial charge in [0.2, 0.25) is 10.0 Å². The minimum atomic E-state index is -3.47. The number of nitrogens with two attached hydrogens (primary N) is 2. The quantitative estimate of drug-likeness (QED) is 0.381. The van der Waals surface area contributed by atoms with E-state index < -0.39 is 10.0 Å². The molecule has 0 atom stereocenters. The lowest BCUT2D eigenvalue weighted by Gasteiger charge is -2.08. The van der Waals surface area contributed by atoms with Crippen molar-refractivity contribution in [2.45, 2.75) is 13.3 Å². The van der Waals surface area contributed by atoms with Gasteiger partial charge in [-0.1, -0.05) is 6.92 Å². The summed E-state index contributed by atoms with van der Waals surface area (Å²) in [4.78, 5) is 8.26. The maximum atomic E-state index is 10.7. The van der Waals surface area contributed by atoms with Crippen molar-refractivity contribution in [2.24, 2.45) is 11.0 Å². The van der Waals surface area contributed by atoms with Crippen LogP contribution in [0.2, 0.25) is 0 Å². The van der Waals surface area contributed by atoms with Crippen molar-refractivity contribution in [2.75, 3.05) is 23.0 Å². The van der Waals surface area contributed by atoms with E-state index >= 15 is 0 Å². The molecule has 6 N–H and O–H groups in total. The third-order valence-corrected chi connectivity index (χ3v) is 2.70. The maximum Gasteiger partial charge on any atom is 0.210 e. The van der Waals surface area contributed by atoms with Gasteiger partial charge in [0.1, 0.15) is 17.5 Å². The van der Waals surface area contributed by atoms with Gasteiger partial charge in [0.05, 0.1) is 5.75 Å². The lowest BCUT2D eigenvalue weighted by molar-refractivity contribution is 0.598. The number of rotatable bonds is 6. The number of aryl methyl sites for hydroxylation is 1. The summed E-state index contributed by atoms with van der Waals surface area (Å²) in [6, 6.07) is 1.59. The first-order chi connectivity index (χ1) is 7.94. The van der Waals surface area contributed by atoms with Gasteiger partial charge in [0, 0.05) is 19.0 Å². The first kappa shape index (κ1) is 13.6. The fourth-order valence-corrected chi connectivity index (χ4v) is 1.53. The highest BCUT2D eigenvalue weighted by molar-refractivity contribution is 7.89. The molecule has 0 spiro atoms. The molecule has 0 fully saturated rings. The van der Waals surface area contributed by atoms with Crippen molar-refractivity contribution < 1.29 is 8.42 Å². The van der Waals surface area contributed by atoms with E-state index in [1.807, 2.05) is 6.92 Å². The molecule has 17 heavy (non-hydrogen) atoms. The minimum absolute atomic E-state index is 0.163. The predicted octanol–water partition coefficient (Wildman–Crippen LogP) is -0.975. The fourth-order valence-electron chi connectivity index (χ4n) is 1.14. The summed E-state index contributed by atoms with van der Waals surface area (Å²) in [5.74, 6) is 6.68. The second kappa shape index (κ2) is 5.75. The number of hydrogen-bond donors (Lipinski definition) is 4. The van der Waals surface area contributed by atoms with Crippen LogP contribution in [0.3, 0.4) is 0 Å². The highest BCUT2D eigenvalue weighted by Gasteiger charge is 2.05. The molecular formula is C8H16N6O2S. The van der Waals surface area contributed by atoms with Crippen LogP contribution in [0.1, 0.15) is 12.7 Å². The summed E-state index contributed by atoms with van der Waals surface area (Å²) >= 11 is 0. The normalized spacial score (nSPS) is 11.2. The van der Waals surface area contributed by atoms with Gasteiger partial charge in [-0.25, -0.2) is 29.4 Å². The van der Waals surface area contributed by atoms with E-state index in [1.54, 1.807) is 6.07 Å². The largest absolute Gasteiger partial charge is 0.369 e. The van der Waals surface area contributed by atoms with Crippen LogP contribution in [0.4, 0.5) is 11.6 Å². The Labute approximate surface area is 99.8 Å². The number of sulfonamides is 1. The van der Waals surface area contributed by atoms with Gasteiger partial charge in [-0.15, -0.1) is 0 Å². The number of hydrogen-bond acceptors (Lipinski definition) is 7. The molecule has 0 saturated carbocycles. The van der Waals surface area contributed by atoms with Crippen LogP contribution in [0.15, 0.2) is 6.07 Å². The molecule has 0 amide bonds. The van der Waals surface area contributed by atoms with E-state index in [-0.39, 0.29) is 12.3 Å². The first-order valence-electron chi connectivity index (χ1n) is 5.03. The zero-order valence-electron chi connectivity index (χ0n) is 9.47. The van der Waals surface area contributed by atoms with Gasteiger partial charge in [0.15, 0.2) is 0 Å². The molecule has 0 aromatic carbocycles. The molecule has 0 aliphatic heterocycles. The van der Waals surface area contributed by atoms with E-state index in [4.69, 9.17) is 11.0 Å². The number of anilines is 2. The smallest absolute Gasteiger partial charge is 0.210 e. The Morgan fingerprint density at radius 1 is 1.35 bits per heavy atom. The molecule has 9 heteroatoms. The third kappa shape index (κ3) is 4.93. The molecule has 96 valence electrons. The fraction of sp³-hybridized carbons (Fsp3) is 0.500. The lowest BCUT2D eigenvalue weighted by atomic mass is 10.4. The molecule has 1 rings (SSSR count). The van der Waals surface area contributed by atoms with E-state index in [9.17, 15) is 8.42 Å². The summed E-state index contributed by atoms with van der Waals surface area (Å²) in [6.07, 6.45) is 0.652. The van der Waals surface area contributed by atoms with Crippen molar-refractivity contribution in [1.82, 2.24) is 9.97 Å². The SMILES string of the molecule is CCc1nc(NN)cc(NCCS(N)(=O)=O)n1. The highest BCUT2D eigenvalue weighted by atomic mass is 32.2. The average molecular weight is 260 g/mol. The molecule has 0 saturated heterocycles. The van der Waals surface area contributed by atoms with Crippen LogP contribution in [0.25, 0.3) is 0 Å². The summed E-state index contributed by atoms with van der Waals surface area (Å²) in [7, 11) is -3.47. The number of nitrogen functional groups attached to an aromatic ring is 1. The van der Waals surface area contributed by atoms with Gasteiger partial charge in [0.25, 0.3) is 0 Å². The molecule has 0 bridgehead atoms. The lowest BCUT2D eigenvalue weighted by Crippen LogP contribution is -2.23. The standard InChI is InChI=1S/C8H16N6O2S/c1-2-6-12-7(5-8(13-6)14-9)11-3-4-17(10,15)16/h5H,2-4,9H2,1H3,(H2,10,15,16)(H2,11,12,13,14). The average Bonchev–Trinajstić information content (AvgIpc) is 2.26. The highest BCUT2D eigenvalue weighted by Crippen LogP contribution is 2.10. The summed E-state index contributed by atoms with van der Waals surface area (Å²) < 4.78 is 21.5. The number of hydrazine groups is 1. The van der Waals surface area contributed by atoms with Gasteiger partial charge in [-0.05, 0) is 0 Å². The van der Waals surface area contributed by atoms with E-state index in [1.165, 1.54) is 0 Å². The van der Waals surface area contributed by atoms with Crippen LogP contribution in [-0.2, 0) is 16.4 Å². The van der Waals surface area contributed by atoms with Crippen molar-refractivity contribution in [3.05, 3.63) is 11.9 Å². The number of aromatic nitrogens is 2. The molecule has 0 unspecified atom stereocenters. The Kier molecular flexibility index (Phi) is 4.61. The molecule has 0 aliphatic rings. The van der Waals surface area contributed by atoms with Gasteiger partial charge >= 0.3 is 0 Å². The number of nitrogens with zero attached hydrogens (tertiary/aromatic N) is 2. The van der Waals surface area contributed by atoms with E-state index in [0.29, 0.717) is 23.9 Å². The Balaban J connectivity index is 2.70. The topological polar surface area (TPSA) is 136 Å². The molecular weight excluding hydrogens is 244 g/mol. The second-order valence-corrected chi connectivity index (χ2v) is 5.08. The van der Waals surface area contributed by atoms with Gasteiger partial charge in [-0.2, -0.15) is 0 Å². The Morgan fingerprint density at radius 3 is 2.53 bits per heavy atom. The summed E-state index contributed by atoms with van der Waals surface area (Å²) in [6.45, 7) is 2.09. The van der Waals surface area contributed by atoms with Crippen LogP contribution in [0, 0.1) is 0 Å². The zero-order valence-corrected chi connectivity index (χ0v) is 10.3. The van der Waals surface area contributed by atoms with E-state index in [0.717, 1.165) is 0 Å². The van der Waals surface area contributed by atoms with Crippen molar-refractivity contribution in [1.29, 1.82) is 0 Å². The van der Waals surface area contributed by atoms with Crippen LogP contribution < -0.4 is 21.7 Å². The zero-order chi connectivity index (χ0) is 12.9. The monoisotopic (exact) mass is 260 g/mol. The van der Waals surface area contributed by atoms with Crippen LogP contribution in [-0.4, -0.2) is 30.7 Å². The summed E-state index contributed by atoms with van der Waals surface area (Å²) in [5, 5.41) is 7.72. The number of primary sulfonamides is 1. The van der Waals surface area contributed by atoms with E-state index in [2.05, 4.69) is 20.7 Å². The Bertz CT molecular complexity index is 453. The minimum Gasteiger partial charge on any atom is -0.369 e. The second-order valence-electron chi connectivity index (χ2n) is 3.35. The van der Waals surface area contributed by atoms with Gasteiger partial charge < -0.3 is 10.7 Å². The molecule has 1 aromatic heterocycles. The van der Waals surface area contributed by atoms with Gasteiger partial charge in [-0.3, -0.25) is 0 Å². The van der Waals surface area contributed by atoms with Crippen molar-refractivity contribution in [3.63, 3.8) is 0 Å². The van der Waals surface area contributed by atoms with Crippen molar-refractivity contribution in [3.8, 4) is 0 Å². The predicted molar refractivity (Wildman–Crippen MR) is 65.7 cm³/mol. The third-order valence-electron chi connectivity index (χ3n) is 1.93. The molecule has 0 radical (unpaired) electrons. The molecule has 1 aromatic rings. The maximum absolute atomic E-state index is 10.7. The Hall–Kier alpha value is -1.45. The Morgan fingerprint density at radius 2 is 2.00 bits per heavy atom. The molecule has 1 heterocycles. The first-order valence-corrected chi connectivity index (χ1v) is 6.75. The molecule has 8 nitrogen and oxygen atoms in total. The van der Waals surface area contributed by atoms with Crippen LogP contribution >= 0.6 is 0 Å².